The van der Waals surface area contributed by atoms with Gasteiger partial charge in [0, 0.05) is 71.6 Å². The van der Waals surface area contributed by atoms with Gasteiger partial charge in [-0.3, -0.25) is 5.56 Å². The SMILES string of the molecule is O=[C-]c1[c-]nn2ccccc12.[Y].[Y]. The Hall–Kier alpha value is 0.568. The van der Waals surface area contributed by atoms with Crippen molar-refractivity contribution in [2.45, 2.75) is 0 Å². The fraction of sp³-hybridized carbons (Fsp3) is 0. The van der Waals surface area contributed by atoms with Gasteiger partial charge in [-0.2, -0.15) is 5.52 Å². The molecule has 0 amide bonds. The van der Waals surface area contributed by atoms with Crippen LogP contribution in [0.25, 0.3) is 5.52 Å². The molecule has 3 nitrogen and oxygen atoms in total. The molecule has 0 aromatic carbocycles. The molecular weight excluding hydrogens is 318 g/mol. The van der Waals surface area contributed by atoms with Crippen molar-refractivity contribution in [3.8, 4) is 0 Å². The predicted octanol–water partition coefficient (Wildman–Crippen LogP) is 0.587. The molecule has 2 aromatic heterocycles. The minimum absolute atomic E-state index is 0. The summed E-state index contributed by atoms with van der Waals surface area (Å²) in [5.41, 5.74) is 1.12. The van der Waals surface area contributed by atoms with Crippen LogP contribution in [0.3, 0.4) is 0 Å². The Morgan fingerprint density at radius 2 is 2.15 bits per heavy atom. The van der Waals surface area contributed by atoms with Gasteiger partial charge >= 0.3 is 0 Å². The number of rotatable bonds is 1. The molecule has 2 radical (unpaired) electrons. The number of carbonyl (C=O) groups excluding carboxylic acids is 1. The molecule has 13 heavy (non-hydrogen) atoms. The summed E-state index contributed by atoms with van der Waals surface area (Å²) in [6.45, 7) is 0. The smallest absolute Gasteiger partial charge is 0.000450 e. The first-order valence-electron chi connectivity index (χ1n) is 3.15. The van der Waals surface area contributed by atoms with E-state index in [1.54, 1.807) is 23.1 Å². The van der Waals surface area contributed by atoms with Crippen molar-refractivity contribution < 1.29 is 70.2 Å². The predicted molar refractivity (Wildman–Crippen MR) is 38.8 cm³/mol. The van der Waals surface area contributed by atoms with Gasteiger partial charge in [0.1, 0.15) is 0 Å². The van der Waals surface area contributed by atoms with Crippen LogP contribution in [0.15, 0.2) is 24.4 Å². The maximum Gasteiger partial charge on any atom is 0.000450 e. The van der Waals surface area contributed by atoms with E-state index in [1.165, 1.54) is 0 Å². The molecule has 0 atom stereocenters. The molecule has 0 aliphatic rings. The van der Waals surface area contributed by atoms with Crippen LogP contribution < -0.4 is 0 Å². The van der Waals surface area contributed by atoms with Crippen LogP contribution in [-0.4, -0.2) is 15.9 Å². The molecule has 2 aromatic rings. The van der Waals surface area contributed by atoms with Crippen molar-refractivity contribution in [2.24, 2.45) is 0 Å². The average Bonchev–Trinajstić information content (AvgIpc) is 2.47. The van der Waals surface area contributed by atoms with Crippen LogP contribution in [0.2, 0.25) is 0 Å². The normalized spacial score (nSPS) is 8.62. The van der Waals surface area contributed by atoms with Crippen LogP contribution in [0.4, 0.5) is 0 Å². The summed E-state index contributed by atoms with van der Waals surface area (Å²) in [4.78, 5) is 10.3. The molecule has 0 N–H and O–H groups in total. The summed E-state index contributed by atoms with van der Waals surface area (Å²) in [6, 6.07) is 5.47. The van der Waals surface area contributed by atoms with Crippen molar-refractivity contribution in [1.82, 2.24) is 9.61 Å². The van der Waals surface area contributed by atoms with Crippen LogP contribution in [0.1, 0.15) is 5.56 Å². The van der Waals surface area contributed by atoms with E-state index in [2.05, 4.69) is 11.3 Å². The molecule has 2 rings (SSSR count). The van der Waals surface area contributed by atoms with E-state index in [1.807, 2.05) is 12.1 Å². The van der Waals surface area contributed by atoms with Crippen molar-refractivity contribution in [3.05, 3.63) is 36.2 Å². The second-order valence-electron chi connectivity index (χ2n) is 2.12. The minimum Gasteiger partial charge on any atom is -0.462 e. The van der Waals surface area contributed by atoms with Gasteiger partial charge in [0.15, 0.2) is 0 Å². The minimum atomic E-state index is 0. The Bertz CT molecular complexity index is 400. The standard InChI is InChI=1S/C8H4N2O.2Y/c11-6-7-5-9-10-4-2-1-3-8(7)10;;/h1-4H;;/q-2;;. The maximum absolute atomic E-state index is 10.3. The molecule has 0 saturated heterocycles. The average molecular weight is 322 g/mol. The Kier molecular flexibility index (Phi) is 6.39. The summed E-state index contributed by atoms with van der Waals surface area (Å²) in [7, 11) is 0. The van der Waals surface area contributed by atoms with E-state index < -0.39 is 0 Å². The first kappa shape index (κ1) is 13.6. The van der Waals surface area contributed by atoms with Gasteiger partial charge in [0.2, 0.25) is 0 Å². The molecule has 0 aliphatic heterocycles. The second kappa shape index (κ2) is 6.13. The Balaban J connectivity index is 0.000000720. The van der Waals surface area contributed by atoms with Gasteiger partial charge in [-0.15, -0.1) is 12.4 Å². The van der Waals surface area contributed by atoms with E-state index in [0.717, 1.165) is 5.52 Å². The third kappa shape index (κ3) is 2.76. The Morgan fingerprint density at radius 3 is 2.85 bits per heavy atom. The Morgan fingerprint density at radius 1 is 1.38 bits per heavy atom. The number of aromatic nitrogens is 2. The van der Waals surface area contributed by atoms with E-state index in [4.69, 9.17) is 0 Å². The third-order valence-electron chi connectivity index (χ3n) is 1.47. The van der Waals surface area contributed by atoms with Crippen LogP contribution >= 0.6 is 0 Å². The van der Waals surface area contributed by atoms with Crippen LogP contribution in [0.5, 0.6) is 0 Å². The number of fused-ring (bicyclic) bond motifs is 1. The molecule has 0 unspecified atom stereocenters. The van der Waals surface area contributed by atoms with Gasteiger partial charge in [0.05, 0.1) is 0 Å². The zero-order valence-corrected chi connectivity index (χ0v) is 12.4. The quantitative estimate of drug-likeness (QED) is 0.720. The van der Waals surface area contributed by atoms with Crippen molar-refractivity contribution >= 4 is 11.8 Å². The summed E-state index contributed by atoms with van der Waals surface area (Å²) in [5, 5.41) is 3.82. The zero-order valence-electron chi connectivity index (χ0n) is 6.77. The zero-order chi connectivity index (χ0) is 7.68. The summed E-state index contributed by atoms with van der Waals surface area (Å²) >= 11 is 0. The molecule has 0 fully saturated rings. The monoisotopic (exact) mass is 322 g/mol. The number of pyridine rings is 1. The first-order valence-corrected chi connectivity index (χ1v) is 3.15. The van der Waals surface area contributed by atoms with Gasteiger partial charge < -0.3 is 14.4 Å². The van der Waals surface area contributed by atoms with Crippen molar-refractivity contribution in [1.29, 1.82) is 0 Å². The van der Waals surface area contributed by atoms with E-state index >= 15 is 0 Å². The van der Waals surface area contributed by atoms with E-state index in [9.17, 15) is 4.79 Å². The van der Waals surface area contributed by atoms with Crippen molar-refractivity contribution in [2.75, 3.05) is 0 Å². The molecule has 0 saturated carbocycles. The molecule has 0 spiro atoms. The molecule has 0 bridgehead atoms. The Labute approximate surface area is 126 Å². The van der Waals surface area contributed by atoms with E-state index in [-0.39, 0.29) is 65.4 Å². The summed E-state index contributed by atoms with van der Waals surface area (Å²) in [6.07, 6.45) is 6.07. The van der Waals surface area contributed by atoms with Crippen LogP contribution in [-0.2, 0) is 70.2 Å². The van der Waals surface area contributed by atoms with Gasteiger partial charge in [0.25, 0.3) is 0 Å². The first-order chi connectivity index (χ1) is 5.42. The summed E-state index contributed by atoms with van der Waals surface area (Å²) < 4.78 is 1.58. The number of hydrogen-bond donors (Lipinski definition) is 0. The molecular formula is C8H4N2OY2-2. The number of nitrogens with zero attached hydrogens (tertiary/aromatic N) is 2. The topological polar surface area (TPSA) is 34.4 Å². The molecule has 0 aliphatic carbocycles. The van der Waals surface area contributed by atoms with Gasteiger partial charge in [-0.1, -0.05) is 6.07 Å². The van der Waals surface area contributed by atoms with Gasteiger partial charge in [-0.25, -0.2) is 6.20 Å². The largest absolute Gasteiger partial charge is 0.462 e. The van der Waals surface area contributed by atoms with E-state index in [0.29, 0.717) is 5.56 Å². The molecule has 5 heteroatoms. The fourth-order valence-electron chi connectivity index (χ4n) is 0.956. The second-order valence-corrected chi connectivity index (χ2v) is 2.12. The third-order valence-corrected chi connectivity index (χ3v) is 1.47. The number of hydrogen-bond acceptors (Lipinski definition) is 2. The summed E-state index contributed by atoms with van der Waals surface area (Å²) in [5.74, 6) is 0. The van der Waals surface area contributed by atoms with Gasteiger partial charge in [-0.05, 0) is 6.07 Å². The fourth-order valence-corrected chi connectivity index (χ4v) is 0.956. The maximum atomic E-state index is 10.3. The molecule has 60 valence electrons. The molecule has 2 heterocycles. The van der Waals surface area contributed by atoms with Crippen molar-refractivity contribution in [3.63, 3.8) is 0 Å². The van der Waals surface area contributed by atoms with Crippen LogP contribution in [0, 0.1) is 6.20 Å².